The summed E-state index contributed by atoms with van der Waals surface area (Å²) in [6.07, 6.45) is 5.95. The fourth-order valence-electron chi connectivity index (χ4n) is 3.16. The van der Waals surface area contributed by atoms with Crippen LogP contribution in [-0.4, -0.2) is 27.3 Å². The second-order valence-electron chi connectivity index (χ2n) is 6.04. The second-order valence-corrected chi connectivity index (χ2v) is 8.62. The molecule has 1 aliphatic carbocycles. The van der Waals surface area contributed by atoms with Gasteiger partial charge in [0.15, 0.2) is 16.7 Å². The molecule has 0 radical (unpaired) electrons. The Labute approximate surface area is 164 Å². The molecule has 26 heavy (non-hydrogen) atoms. The summed E-state index contributed by atoms with van der Waals surface area (Å²) in [6, 6.07) is 5.42. The molecule has 0 spiro atoms. The SMILES string of the molecule is O=C1CCCC(Sc2ncccn2)=C1C(=O)c1ccc2c(c1Cl)CCS2. The van der Waals surface area contributed by atoms with Crippen LogP contribution in [0.2, 0.25) is 5.02 Å². The highest BCUT2D eigenvalue weighted by Crippen LogP contribution is 2.40. The molecule has 2 heterocycles. The molecule has 1 aliphatic heterocycles. The Morgan fingerprint density at radius 3 is 2.77 bits per heavy atom. The Balaban J connectivity index is 1.75. The van der Waals surface area contributed by atoms with Gasteiger partial charge in [0.2, 0.25) is 0 Å². The maximum atomic E-state index is 13.2. The number of benzene rings is 1. The van der Waals surface area contributed by atoms with Gasteiger partial charge in [-0.15, -0.1) is 11.8 Å². The number of carbonyl (C=O) groups excluding carboxylic acids is 2. The molecule has 4 rings (SSSR count). The minimum Gasteiger partial charge on any atom is -0.294 e. The number of ketones is 2. The van der Waals surface area contributed by atoms with E-state index in [4.69, 9.17) is 11.6 Å². The first-order valence-electron chi connectivity index (χ1n) is 8.35. The number of aromatic nitrogens is 2. The van der Waals surface area contributed by atoms with Crippen molar-refractivity contribution < 1.29 is 9.59 Å². The van der Waals surface area contributed by atoms with Crippen molar-refractivity contribution in [2.45, 2.75) is 35.7 Å². The summed E-state index contributed by atoms with van der Waals surface area (Å²) < 4.78 is 0. The number of thioether (sulfide) groups is 2. The maximum Gasteiger partial charge on any atom is 0.198 e. The van der Waals surface area contributed by atoms with Gasteiger partial charge in [-0.1, -0.05) is 23.4 Å². The summed E-state index contributed by atoms with van der Waals surface area (Å²) in [4.78, 5) is 36.0. The van der Waals surface area contributed by atoms with Crippen LogP contribution < -0.4 is 0 Å². The van der Waals surface area contributed by atoms with Crippen LogP contribution in [0.15, 0.2) is 51.1 Å². The molecule has 0 N–H and O–H groups in total. The van der Waals surface area contributed by atoms with Gasteiger partial charge < -0.3 is 0 Å². The molecule has 1 aromatic heterocycles. The molecule has 2 aliphatic rings. The summed E-state index contributed by atoms with van der Waals surface area (Å²) in [5, 5.41) is 1.03. The number of allylic oxidation sites excluding steroid dienone is 2. The van der Waals surface area contributed by atoms with Gasteiger partial charge in [0.1, 0.15) is 0 Å². The number of rotatable bonds is 4. The van der Waals surface area contributed by atoms with Crippen LogP contribution in [0.25, 0.3) is 0 Å². The Morgan fingerprint density at radius 2 is 1.96 bits per heavy atom. The third-order valence-electron chi connectivity index (χ3n) is 4.40. The molecule has 4 nitrogen and oxygen atoms in total. The Kier molecular flexibility index (Phi) is 5.16. The topological polar surface area (TPSA) is 59.9 Å². The number of fused-ring (bicyclic) bond motifs is 1. The molecule has 0 atom stereocenters. The van der Waals surface area contributed by atoms with Crippen molar-refractivity contribution >= 4 is 46.7 Å². The lowest BCUT2D eigenvalue weighted by Gasteiger charge is -2.18. The van der Waals surface area contributed by atoms with Gasteiger partial charge in [-0.3, -0.25) is 9.59 Å². The third kappa shape index (κ3) is 3.33. The molecular formula is C19H15ClN2O2S2. The average molecular weight is 403 g/mol. The van der Waals surface area contributed by atoms with Gasteiger partial charge in [-0.2, -0.15) is 0 Å². The van der Waals surface area contributed by atoms with E-state index in [0.29, 0.717) is 28.6 Å². The van der Waals surface area contributed by atoms with Crippen LogP contribution in [0.5, 0.6) is 0 Å². The van der Waals surface area contributed by atoms with Gasteiger partial charge in [0.05, 0.1) is 10.6 Å². The van der Waals surface area contributed by atoms with Crippen molar-refractivity contribution in [1.82, 2.24) is 9.97 Å². The molecule has 0 unspecified atom stereocenters. The number of nitrogens with zero attached hydrogens (tertiary/aromatic N) is 2. The zero-order valence-corrected chi connectivity index (χ0v) is 16.2. The van der Waals surface area contributed by atoms with E-state index in [9.17, 15) is 9.59 Å². The van der Waals surface area contributed by atoms with Crippen molar-refractivity contribution in [1.29, 1.82) is 0 Å². The Morgan fingerprint density at radius 1 is 1.15 bits per heavy atom. The first kappa shape index (κ1) is 17.8. The molecule has 0 bridgehead atoms. The van der Waals surface area contributed by atoms with E-state index in [1.54, 1.807) is 36.3 Å². The van der Waals surface area contributed by atoms with E-state index in [-0.39, 0.29) is 17.1 Å². The number of carbonyl (C=O) groups is 2. The third-order valence-corrected chi connectivity index (χ3v) is 6.98. The van der Waals surface area contributed by atoms with Gasteiger partial charge in [0, 0.05) is 39.9 Å². The summed E-state index contributed by atoms with van der Waals surface area (Å²) in [5.74, 6) is 0.573. The zero-order valence-electron chi connectivity index (χ0n) is 13.8. The van der Waals surface area contributed by atoms with Crippen LogP contribution in [-0.2, 0) is 11.2 Å². The minimum atomic E-state index is -0.280. The van der Waals surface area contributed by atoms with E-state index < -0.39 is 0 Å². The van der Waals surface area contributed by atoms with Crippen LogP contribution in [0.1, 0.15) is 35.2 Å². The second kappa shape index (κ2) is 7.55. The van der Waals surface area contributed by atoms with Crippen molar-refractivity contribution in [3.8, 4) is 0 Å². The molecule has 0 fully saturated rings. The van der Waals surface area contributed by atoms with Gasteiger partial charge in [-0.05, 0) is 43.0 Å². The van der Waals surface area contributed by atoms with Crippen LogP contribution in [0, 0.1) is 0 Å². The lowest BCUT2D eigenvalue weighted by Crippen LogP contribution is -2.19. The van der Waals surface area contributed by atoms with Gasteiger partial charge >= 0.3 is 0 Å². The largest absolute Gasteiger partial charge is 0.294 e. The van der Waals surface area contributed by atoms with E-state index in [0.717, 1.165) is 34.0 Å². The summed E-state index contributed by atoms with van der Waals surface area (Å²) in [7, 11) is 0. The maximum absolute atomic E-state index is 13.2. The smallest absolute Gasteiger partial charge is 0.198 e. The van der Waals surface area contributed by atoms with Gasteiger partial charge in [-0.25, -0.2) is 9.97 Å². The number of Topliss-reactive ketones (excluding diaryl/α,β-unsaturated/α-hetero) is 2. The molecule has 1 aromatic carbocycles. The monoisotopic (exact) mass is 402 g/mol. The summed E-state index contributed by atoms with van der Waals surface area (Å²) >= 11 is 9.57. The van der Waals surface area contributed by atoms with Crippen molar-refractivity contribution in [2.75, 3.05) is 5.75 Å². The quantitative estimate of drug-likeness (QED) is 0.417. The number of hydrogen-bond donors (Lipinski definition) is 0. The highest BCUT2D eigenvalue weighted by Gasteiger charge is 2.30. The fraction of sp³-hybridized carbons (Fsp3) is 0.263. The predicted molar refractivity (Wildman–Crippen MR) is 104 cm³/mol. The predicted octanol–water partition coefficient (Wildman–Crippen LogP) is 4.76. The summed E-state index contributed by atoms with van der Waals surface area (Å²) in [5.41, 5.74) is 1.69. The molecule has 0 saturated carbocycles. The van der Waals surface area contributed by atoms with Crippen molar-refractivity contribution in [3.63, 3.8) is 0 Å². The van der Waals surface area contributed by atoms with E-state index in [1.807, 2.05) is 6.07 Å². The lowest BCUT2D eigenvalue weighted by atomic mass is 9.91. The molecule has 132 valence electrons. The molecule has 7 heteroatoms. The molecule has 2 aromatic rings. The Bertz CT molecular complexity index is 929. The number of hydrogen-bond acceptors (Lipinski definition) is 6. The van der Waals surface area contributed by atoms with Crippen molar-refractivity contribution in [2.24, 2.45) is 0 Å². The zero-order chi connectivity index (χ0) is 18.1. The highest BCUT2D eigenvalue weighted by molar-refractivity contribution is 8.03. The minimum absolute atomic E-state index is 0.120. The summed E-state index contributed by atoms with van der Waals surface area (Å²) in [6.45, 7) is 0. The van der Waals surface area contributed by atoms with E-state index >= 15 is 0 Å². The lowest BCUT2D eigenvalue weighted by molar-refractivity contribution is -0.115. The van der Waals surface area contributed by atoms with Crippen LogP contribution in [0.4, 0.5) is 0 Å². The van der Waals surface area contributed by atoms with Crippen LogP contribution >= 0.6 is 35.1 Å². The molecular weight excluding hydrogens is 388 g/mol. The van der Waals surface area contributed by atoms with E-state index in [1.165, 1.54) is 11.8 Å². The van der Waals surface area contributed by atoms with E-state index in [2.05, 4.69) is 9.97 Å². The standard InChI is InChI=1S/C19H15ClN2O2S2/c20-17-11-7-10-25-14(11)6-5-12(17)18(24)16-13(23)3-1-4-15(16)26-19-21-8-2-9-22-19/h2,5-6,8-9H,1,3-4,7,10H2. The highest BCUT2D eigenvalue weighted by atomic mass is 35.5. The first-order chi connectivity index (χ1) is 12.6. The molecule has 0 saturated heterocycles. The van der Waals surface area contributed by atoms with Crippen molar-refractivity contribution in [3.05, 3.63) is 57.2 Å². The number of halogens is 1. The molecule has 0 amide bonds. The van der Waals surface area contributed by atoms with Crippen LogP contribution in [0.3, 0.4) is 0 Å². The fourth-order valence-corrected chi connectivity index (χ4v) is 5.64. The average Bonchev–Trinajstić information content (AvgIpc) is 3.12. The van der Waals surface area contributed by atoms with Gasteiger partial charge in [0.25, 0.3) is 0 Å². The normalized spacial score (nSPS) is 16.7. The Hall–Kier alpha value is -1.63. The first-order valence-corrected chi connectivity index (χ1v) is 10.5.